The van der Waals surface area contributed by atoms with E-state index in [1.165, 1.54) is 5.38 Å². The van der Waals surface area contributed by atoms with Crippen molar-refractivity contribution in [1.82, 2.24) is 0 Å². The number of carbonyl (C=O) groups is 1. The van der Waals surface area contributed by atoms with E-state index in [1.807, 2.05) is 0 Å². The molecule has 0 aliphatic rings. The Morgan fingerprint density at radius 2 is 2.17 bits per heavy atom. The van der Waals surface area contributed by atoms with E-state index in [4.69, 9.17) is 5.11 Å². The number of rotatable bonds is 2. The zero-order chi connectivity index (χ0) is 9.35. The monoisotopic (exact) mass is 206 g/mol. The van der Waals surface area contributed by atoms with Gasteiger partial charge in [-0.1, -0.05) is 0 Å². The highest BCUT2D eigenvalue weighted by Gasteiger charge is 2.13. The number of hydrogen-bond donors (Lipinski definition) is 1. The zero-order valence-electron chi connectivity index (χ0n) is 6.14. The van der Waals surface area contributed by atoms with E-state index < -0.39 is 15.8 Å². The molecule has 1 heterocycles. The standard InChI is InChI=1S/C6H6O4S2/c1-12(9,10)4-2-5(6(7)8)11-3-4/h2-3H,1H3,(H,7,8). The molecule has 0 unspecified atom stereocenters. The third-order valence-electron chi connectivity index (χ3n) is 1.21. The number of carboxylic acid groups (broad SMARTS) is 1. The van der Waals surface area contributed by atoms with Crippen LogP contribution in [0.3, 0.4) is 0 Å². The van der Waals surface area contributed by atoms with Gasteiger partial charge in [0, 0.05) is 11.6 Å². The molecule has 0 radical (unpaired) electrons. The molecule has 0 saturated heterocycles. The molecule has 0 amide bonds. The SMILES string of the molecule is CS(=O)(=O)c1csc(C(=O)O)c1. The van der Waals surface area contributed by atoms with E-state index in [9.17, 15) is 13.2 Å². The second-order valence-corrected chi connectivity index (χ2v) is 5.15. The van der Waals surface area contributed by atoms with Gasteiger partial charge >= 0.3 is 5.97 Å². The van der Waals surface area contributed by atoms with E-state index in [0.29, 0.717) is 0 Å². The molecule has 0 saturated carbocycles. The fraction of sp³-hybridized carbons (Fsp3) is 0.167. The van der Waals surface area contributed by atoms with Gasteiger partial charge in [-0.25, -0.2) is 13.2 Å². The maximum atomic E-state index is 10.9. The van der Waals surface area contributed by atoms with E-state index >= 15 is 0 Å². The molecule has 6 heteroatoms. The van der Waals surface area contributed by atoms with Gasteiger partial charge in [-0.15, -0.1) is 11.3 Å². The molecule has 66 valence electrons. The Morgan fingerprint density at radius 3 is 2.42 bits per heavy atom. The largest absolute Gasteiger partial charge is 0.477 e. The number of sulfone groups is 1. The van der Waals surface area contributed by atoms with E-state index in [2.05, 4.69) is 0 Å². The second-order valence-electron chi connectivity index (χ2n) is 2.22. The highest BCUT2D eigenvalue weighted by atomic mass is 32.2. The van der Waals surface area contributed by atoms with E-state index in [0.717, 1.165) is 23.7 Å². The Kier molecular flexibility index (Phi) is 2.20. The topological polar surface area (TPSA) is 71.4 Å². The highest BCUT2D eigenvalue weighted by Crippen LogP contribution is 2.18. The summed E-state index contributed by atoms with van der Waals surface area (Å²) in [7, 11) is -3.27. The van der Waals surface area contributed by atoms with E-state index in [1.54, 1.807) is 0 Å². The molecule has 0 bridgehead atoms. The van der Waals surface area contributed by atoms with Crippen molar-refractivity contribution in [2.75, 3.05) is 6.26 Å². The molecule has 0 spiro atoms. The molecule has 12 heavy (non-hydrogen) atoms. The molecule has 0 atom stereocenters. The minimum atomic E-state index is -3.27. The first-order valence-electron chi connectivity index (χ1n) is 2.93. The van der Waals surface area contributed by atoms with Crippen molar-refractivity contribution in [1.29, 1.82) is 0 Å². The Labute approximate surface area is 73.4 Å². The first kappa shape index (κ1) is 9.21. The third kappa shape index (κ3) is 1.83. The first-order chi connectivity index (χ1) is 5.41. The fourth-order valence-corrected chi connectivity index (χ4v) is 2.48. The molecule has 0 aliphatic carbocycles. The maximum absolute atomic E-state index is 10.9. The van der Waals surface area contributed by atoms with Crippen LogP contribution in [0.2, 0.25) is 0 Å². The molecule has 0 fully saturated rings. The summed E-state index contributed by atoms with van der Waals surface area (Å²) in [5.74, 6) is -1.10. The average Bonchev–Trinajstić information content (AvgIpc) is 2.30. The Balaban J connectivity index is 3.17. The third-order valence-corrected chi connectivity index (χ3v) is 3.37. The number of hydrogen-bond acceptors (Lipinski definition) is 4. The summed E-state index contributed by atoms with van der Waals surface area (Å²) in [6.45, 7) is 0. The van der Waals surface area contributed by atoms with Crippen molar-refractivity contribution in [3.8, 4) is 0 Å². The molecule has 4 nitrogen and oxygen atoms in total. The zero-order valence-corrected chi connectivity index (χ0v) is 7.78. The Hall–Kier alpha value is -0.880. The fourth-order valence-electron chi connectivity index (χ4n) is 0.625. The summed E-state index contributed by atoms with van der Waals surface area (Å²) in [5, 5.41) is 9.80. The summed E-state index contributed by atoms with van der Waals surface area (Å²) in [5.41, 5.74) is 0. The predicted molar refractivity (Wildman–Crippen MR) is 44.4 cm³/mol. The normalized spacial score (nSPS) is 11.4. The quantitative estimate of drug-likeness (QED) is 0.778. The van der Waals surface area contributed by atoms with Crippen LogP contribution in [-0.2, 0) is 9.84 Å². The van der Waals surface area contributed by atoms with Crippen molar-refractivity contribution in [3.63, 3.8) is 0 Å². The molecular weight excluding hydrogens is 200 g/mol. The van der Waals surface area contributed by atoms with Crippen LogP contribution < -0.4 is 0 Å². The highest BCUT2D eigenvalue weighted by molar-refractivity contribution is 7.90. The van der Waals surface area contributed by atoms with Gasteiger partial charge in [-0.05, 0) is 6.07 Å². The summed E-state index contributed by atoms with van der Waals surface area (Å²) < 4.78 is 21.8. The Morgan fingerprint density at radius 1 is 1.58 bits per heavy atom. The molecule has 1 aromatic heterocycles. The van der Waals surface area contributed by atoms with Crippen LogP contribution in [0.4, 0.5) is 0 Å². The summed E-state index contributed by atoms with van der Waals surface area (Å²) in [4.78, 5) is 10.5. The molecule has 1 aromatic rings. The van der Waals surface area contributed by atoms with Crippen molar-refractivity contribution in [2.24, 2.45) is 0 Å². The molecule has 0 aromatic carbocycles. The van der Waals surface area contributed by atoms with Gasteiger partial charge in [-0.2, -0.15) is 0 Å². The lowest BCUT2D eigenvalue weighted by Crippen LogP contribution is -1.95. The number of carboxylic acids is 1. The van der Waals surface area contributed by atoms with Gasteiger partial charge in [0.1, 0.15) is 4.88 Å². The van der Waals surface area contributed by atoms with Crippen LogP contribution in [0.15, 0.2) is 16.3 Å². The van der Waals surface area contributed by atoms with Crippen LogP contribution >= 0.6 is 11.3 Å². The predicted octanol–water partition coefficient (Wildman–Crippen LogP) is 0.850. The summed E-state index contributed by atoms with van der Waals surface area (Å²) in [6.07, 6.45) is 1.04. The van der Waals surface area contributed by atoms with Gasteiger partial charge in [-0.3, -0.25) is 0 Å². The van der Waals surface area contributed by atoms with E-state index in [-0.39, 0.29) is 9.77 Å². The van der Waals surface area contributed by atoms with Crippen molar-refractivity contribution in [3.05, 3.63) is 16.3 Å². The summed E-state index contributed by atoms with van der Waals surface area (Å²) >= 11 is 0.906. The number of thiophene rings is 1. The molecular formula is C6H6O4S2. The van der Waals surface area contributed by atoms with Gasteiger partial charge in [0.25, 0.3) is 0 Å². The van der Waals surface area contributed by atoms with Crippen molar-refractivity contribution in [2.45, 2.75) is 4.90 Å². The van der Waals surface area contributed by atoms with Crippen LogP contribution in [-0.4, -0.2) is 25.7 Å². The van der Waals surface area contributed by atoms with Gasteiger partial charge < -0.3 is 5.11 Å². The lowest BCUT2D eigenvalue weighted by Gasteiger charge is -1.87. The van der Waals surface area contributed by atoms with Crippen molar-refractivity contribution < 1.29 is 18.3 Å². The first-order valence-corrected chi connectivity index (χ1v) is 5.70. The lowest BCUT2D eigenvalue weighted by atomic mass is 10.5. The molecule has 1 rings (SSSR count). The summed E-state index contributed by atoms with van der Waals surface area (Å²) in [6, 6.07) is 1.16. The van der Waals surface area contributed by atoms with Crippen LogP contribution in [0.1, 0.15) is 9.67 Å². The van der Waals surface area contributed by atoms with Gasteiger partial charge in [0.2, 0.25) is 0 Å². The minimum Gasteiger partial charge on any atom is -0.477 e. The van der Waals surface area contributed by atoms with Crippen LogP contribution in [0.5, 0.6) is 0 Å². The van der Waals surface area contributed by atoms with Crippen molar-refractivity contribution >= 4 is 27.1 Å². The minimum absolute atomic E-state index is 0.0374. The molecule has 0 aliphatic heterocycles. The van der Waals surface area contributed by atoms with Crippen LogP contribution in [0.25, 0.3) is 0 Å². The maximum Gasteiger partial charge on any atom is 0.345 e. The Bertz CT molecular complexity index is 401. The second kappa shape index (κ2) is 2.87. The average molecular weight is 206 g/mol. The van der Waals surface area contributed by atoms with Gasteiger partial charge in [0.15, 0.2) is 9.84 Å². The smallest absolute Gasteiger partial charge is 0.345 e. The number of aromatic carboxylic acids is 1. The van der Waals surface area contributed by atoms with Crippen LogP contribution in [0, 0.1) is 0 Å². The van der Waals surface area contributed by atoms with Gasteiger partial charge in [0.05, 0.1) is 4.90 Å². The molecule has 1 N–H and O–H groups in total. The lowest BCUT2D eigenvalue weighted by molar-refractivity contribution is 0.0702.